The van der Waals surface area contributed by atoms with Crippen LogP contribution in [0.25, 0.3) is 0 Å². The number of aliphatic hydroxyl groups is 1. The Morgan fingerprint density at radius 3 is 2.70 bits per heavy atom. The van der Waals surface area contributed by atoms with E-state index in [9.17, 15) is 9.90 Å². The maximum Gasteiger partial charge on any atom is 0.251 e. The number of amides is 1. The first-order valence-corrected chi connectivity index (χ1v) is 10.8. The summed E-state index contributed by atoms with van der Waals surface area (Å²) in [4.78, 5) is 21.5. The summed E-state index contributed by atoms with van der Waals surface area (Å²) in [5.41, 5.74) is 1.33. The van der Waals surface area contributed by atoms with Crippen molar-refractivity contribution in [1.82, 2.24) is 15.1 Å². The first-order valence-electron chi connectivity index (χ1n) is 10.8. The van der Waals surface area contributed by atoms with E-state index >= 15 is 0 Å². The molecule has 0 bridgehead atoms. The topological polar surface area (TPSA) is 77.4 Å². The number of hydrogen-bond donors (Lipinski definition) is 2. The van der Waals surface area contributed by atoms with Crippen molar-refractivity contribution in [2.24, 2.45) is 4.99 Å². The zero-order valence-electron chi connectivity index (χ0n) is 17.7. The van der Waals surface area contributed by atoms with Gasteiger partial charge in [0.25, 0.3) is 5.91 Å². The highest BCUT2D eigenvalue weighted by Gasteiger charge is 2.37. The highest BCUT2D eigenvalue weighted by Crippen LogP contribution is 2.36. The summed E-state index contributed by atoms with van der Waals surface area (Å²) in [6, 6.07) is 8.11. The molecule has 0 aromatic heterocycles. The highest BCUT2D eigenvalue weighted by atomic mass is 127. The molecule has 1 aromatic rings. The Bertz CT molecular complexity index is 761. The molecular weight excluding hydrogens is 495 g/mol. The summed E-state index contributed by atoms with van der Waals surface area (Å²) in [7, 11) is 0. The molecule has 2 fully saturated rings. The third-order valence-electron chi connectivity index (χ3n) is 6.25. The number of hydrogen-bond acceptors (Lipinski definition) is 4. The van der Waals surface area contributed by atoms with Gasteiger partial charge in [-0.1, -0.05) is 24.3 Å². The average molecular weight is 528 g/mol. The zero-order chi connectivity index (χ0) is 20.3. The van der Waals surface area contributed by atoms with E-state index in [0.717, 1.165) is 50.4 Å². The fraction of sp³-hybridized carbons (Fsp3) is 0.636. The molecule has 2 aliphatic heterocycles. The number of aryl methyl sites for hydroxylation is 1. The third-order valence-corrected chi connectivity index (χ3v) is 6.25. The number of benzene rings is 1. The normalized spacial score (nSPS) is 26.3. The lowest BCUT2D eigenvalue weighted by atomic mass is 9.96. The van der Waals surface area contributed by atoms with Crippen LogP contribution in [0.2, 0.25) is 0 Å². The first kappa shape index (κ1) is 23.3. The van der Waals surface area contributed by atoms with Crippen LogP contribution in [0, 0.1) is 0 Å². The van der Waals surface area contributed by atoms with Gasteiger partial charge in [-0.05, 0) is 43.7 Å². The smallest absolute Gasteiger partial charge is 0.251 e. The maximum absolute atomic E-state index is 12.6. The Balaban J connectivity index is 0.00000256. The molecule has 30 heavy (non-hydrogen) atoms. The van der Waals surface area contributed by atoms with Crippen molar-refractivity contribution in [3.05, 3.63) is 35.4 Å². The molecule has 2 heterocycles. The summed E-state index contributed by atoms with van der Waals surface area (Å²) in [6.45, 7) is 6.68. The minimum atomic E-state index is -0.894. The van der Waals surface area contributed by atoms with E-state index in [0.29, 0.717) is 32.7 Å². The number of rotatable bonds is 4. The predicted molar refractivity (Wildman–Crippen MR) is 127 cm³/mol. The number of fused-ring (bicyclic) bond motifs is 1. The second kappa shape index (κ2) is 10.3. The number of nitrogens with one attached hydrogen (secondary N) is 1. The van der Waals surface area contributed by atoms with E-state index < -0.39 is 5.60 Å². The van der Waals surface area contributed by atoms with Gasteiger partial charge in [-0.3, -0.25) is 4.79 Å². The highest BCUT2D eigenvalue weighted by molar-refractivity contribution is 14.0. The second-order valence-corrected chi connectivity index (χ2v) is 8.17. The van der Waals surface area contributed by atoms with Crippen LogP contribution in [0.3, 0.4) is 0 Å². The van der Waals surface area contributed by atoms with E-state index in [1.807, 2.05) is 30.0 Å². The summed E-state index contributed by atoms with van der Waals surface area (Å²) in [5, 5.41) is 14.5. The van der Waals surface area contributed by atoms with Crippen molar-refractivity contribution in [2.75, 3.05) is 45.9 Å². The van der Waals surface area contributed by atoms with Crippen molar-refractivity contribution in [3.8, 4) is 0 Å². The standard InChI is InChI=1S/C22H32N4O3.HI/c1-2-23-21(24-16-22(28)10-9-17-6-3-4-7-18(17)22)26-13-11-25(12-14-26)20(27)19-8-5-15-29-19;/h3-4,6-7,19,28H,2,5,8-16H2,1H3,(H,23,24);1H. The maximum atomic E-state index is 12.6. The van der Waals surface area contributed by atoms with E-state index in [1.54, 1.807) is 0 Å². The largest absolute Gasteiger partial charge is 0.383 e. The monoisotopic (exact) mass is 528 g/mol. The van der Waals surface area contributed by atoms with Gasteiger partial charge in [0.1, 0.15) is 11.7 Å². The molecule has 0 radical (unpaired) electrons. The molecule has 1 aliphatic carbocycles. The van der Waals surface area contributed by atoms with E-state index in [2.05, 4.69) is 16.3 Å². The molecule has 8 heteroatoms. The van der Waals surface area contributed by atoms with Gasteiger partial charge in [-0.15, -0.1) is 24.0 Å². The van der Waals surface area contributed by atoms with Crippen LogP contribution < -0.4 is 5.32 Å². The van der Waals surface area contributed by atoms with Gasteiger partial charge in [0, 0.05) is 39.3 Å². The third kappa shape index (κ3) is 4.91. The molecular formula is C22H33IN4O3. The van der Waals surface area contributed by atoms with Gasteiger partial charge >= 0.3 is 0 Å². The molecule has 3 aliphatic rings. The molecule has 4 rings (SSSR count). The zero-order valence-corrected chi connectivity index (χ0v) is 20.0. The SMILES string of the molecule is CCNC(=NCC1(O)CCc2ccccc21)N1CCN(C(=O)C2CCCO2)CC1.I. The van der Waals surface area contributed by atoms with Crippen LogP contribution in [-0.4, -0.2) is 78.8 Å². The van der Waals surface area contributed by atoms with E-state index in [4.69, 9.17) is 9.73 Å². The van der Waals surface area contributed by atoms with Gasteiger partial charge in [-0.2, -0.15) is 0 Å². The quantitative estimate of drug-likeness (QED) is 0.354. The summed E-state index contributed by atoms with van der Waals surface area (Å²) in [5.74, 6) is 0.940. The van der Waals surface area contributed by atoms with Gasteiger partial charge in [-0.25, -0.2) is 4.99 Å². The van der Waals surface area contributed by atoms with Crippen molar-refractivity contribution >= 4 is 35.8 Å². The fourth-order valence-electron chi connectivity index (χ4n) is 4.58. The Kier molecular flexibility index (Phi) is 7.98. The molecule has 2 atom stereocenters. The van der Waals surface area contributed by atoms with E-state index in [-0.39, 0.29) is 36.0 Å². The van der Waals surface area contributed by atoms with Gasteiger partial charge in [0.2, 0.25) is 0 Å². The number of aliphatic imine (C=N–C) groups is 1. The number of piperazine rings is 1. The van der Waals surface area contributed by atoms with Crippen molar-refractivity contribution < 1.29 is 14.6 Å². The Morgan fingerprint density at radius 1 is 1.27 bits per heavy atom. The summed E-state index contributed by atoms with van der Waals surface area (Å²) in [6.07, 6.45) is 3.16. The lowest BCUT2D eigenvalue weighted by molar-refractivity contribution is -0.142. The molecule has 1 aromatic carbocycles. The van der Waals surface area contributed by atoms with Crippen molar-refractivity contribution in [1.29, 1.82) is 0 Å². The molecule has 2 saturated heterocycles. The van der Waals surface area contributed by atoms with Crippen LogP contribution in [0.5, 0.6) is 0 Å². The molecule has 166 valence electrons. The van der Waals surface area contributed by atoms with Crippen LogP contribution in [0.4, 0.5) is 0 Å². The molecule has 0 saturated carbocycles. The number of carbonyl (C=O) groups is 1. The average Bonchev–Trinajstić information content (AvgIpc) is 3.40. The van der Waals surface area contributed by atoms with Gasteiger partial charge < -0.3 is 25.0 Å². The van der Waals surface area contributed by atoms with Crippen LogP contribution >= 0.6 is 24.0 Å². The Labute approximate surface area is 195 Å². The number of guanidine groups is 1. The molecule has 2 N–H and O–H groups in total. The Morgan fingerprint density at radius 2 is 2.00 bits per heavy atom. The van der Waals surface area contributed by atoms with Crippen LogP contribution in [0.1, 0.15) is 37.3 Å². The summed E-state index contributed by atoms with van der Waals surface area (Å²) >= 11 is 0. The lowest BCUT2D eigenvalue weighted by Crippen LogP contribution is -2.55. The van der Waals surface area contributed by atoms with Gasteiger partial charge in [0.05, 0.1) is 6.54 Å². The number of carbonyl (C=O) groups excluding carboxylic acids is 1. The number of halogens is 1. The van der Waals surface area contributed by atoms with Crippen molar-refractivity contribution in [3.63, 3.8) is 0 Å². The summed E-state index contributed by atoms with van der Waals surface area (Å²) < 4.78 is 5.55. The molecule has 1 amide bonds. The van der Waals surface area contributed by atoms with Crippen LogP contribution in [-0.2, 0) is 21.6 Å². The minimum absolute atomic E-state index is 0. The van der Waals surface area contributed by atoms with Crippen molar-refractivity contribution in [2.45, 2.75) is 44.3 Å². The second-order valence-electron chi connectivity index (χ2n) is 8.17. The Hall–Kier alpha value is -1.39. The number of nitrogens with zero attached hydrogens (tertiary/aromatic N) is 3. The predicted octanol–water partition coefficient (Wildman–Crippen LogP) is 1.73. The van der Waals surface area contributed by atoms with Gasteiger partial charge in [0.15, 0.2) is 5.96 Å². The minimum Gasteiger partial charge on any atom is -0.383 e. The molecule has 7 nitrogen and oxygen atoms in total. The van der Waals surface area contributed by atoms with E-state index in [1.165, 1.54) is 5.56 Å². The molecule has 0 spiro atoms. The number of ether oxygens (including phenoxy) is 1. The first-order chi connectivity index (χ1) is 14.1. The fourth-order valence-corrected chi connectivity index (χ4v) is 4.58. The van der Waals surface area contributed by atoms with Crippen LogP contribution in [0.15, 0.2) is 29.3 Å². The lowest BCUT2D eigenvalue weighted by Gasteiger charge is -2.37. The molecule has 2 unspecified atom stereocenters.